The molecule has 5 heteroatoms. The summed E-state index contributed by atoms with van der Waals surface area (Å²) in [5.74, 6) is 4.95. The molecule has 0 saturated carbocycles. The molecule has 3 N–H and O–H groups in total. The largest absolute Gasteiger partial charge is 0.305 e. The third kappa shape index (κ3) is 6.61. The van der Waals surface area contributed by atoms with Gasteiger partial charge in [0.15, 0.2) is 0 Å². The van der Waals surface area contributed by atoms with Crippen LogP contribution in [-0.4, -0.2) is 55.5 Å². The second kappa shape index (κ2) is 8.44. The van der Waals surface area contributed by atoms with Crippen LogP contribution < -0.4 is 11.3 Å². The molecule has 0 aromatic carbocycles. The number of nitrogens with one attached hydrogen (secondary N) is 1. The standard InChI is InChI=1S/C12H26N4O/c1-15(7-3-2-6-12(17)14-13)10-11-16-8-4-5-9-16/h2-11,13H2,1H3,(H,14,17). The van der Waals surface area contributed by atoms with Gasteiger partial charge in [0.05, 0.1) is 0 Å². The van der Waals surface area contributed by atoms with Gasteiger partial charge in [-0.3, -0.25) is 10.2 Å². The van der Waals surface area contributed by atoms with Crippen LogP contribution in [0.3, 0.4) is 0 Å². The Balaban J connectivity index is 1.93. The predicted molar refractivity (Wildman–Crippen MR) is 69.4 cm³/mol. The lowest BCUT2D eigenvalue weighted by Gasteiger charge is -2.21. The van der Waals surface area contributed by atoms with Gasteiger partial charge in [-0.25, -0.2) is 5.84 Å². The molecule has 0 aromatic heterocycles. The molecule has 100 valence electrons. The zero-order valence-corrected chi connectivity index (χ0v) is 11.0. The molecule has 1 amide bonds. The molecule has 0 aliphatic carbocycles. The Morgan fingerprint density at radius 1 is 1.29 bits per heavy atom. The Labute approximate surface area is 104 Å². The maximum atomic E-state index is 10.9. The summed E-state index contributed by atoms with van der Waals surface area (Å²) in [6.07, 6.45) is 5.23. The molecule has 0 spiro atoms. The Kier molecular flexibility index (Phi) is 7.16. The second-order valence-electron chi connectivity index (χ2n) is 4.88. The zero-order chi connectivity index (χ0) is 12.5. The van der Waals surface area contributed by atoms with E-state index in [2.05, 4.69) is 22.3 Å². The van der Waals surface area contributed by atoms with Crippen molar-refractivity contribution in [2.75, 3.05) is 39.8 Å². The van der Waals surface area contributed by atoms with E-state index in [1.54, 1.807) is 0 Å². The highest BCUT2D eigenvalue weighted by atomic mass is 16.2. The molecule has 1 aliphatic heterocycles. The van der Waals surface area contributed by atoms with Crippen LogP contribution in [0.1, 0.15) is 32.1 Å². The van der Waals surface area contributed by atoms with E-state index in [0.29, 0.717) is 6.42 Å². The van der Waals surface area contributed by atoms with Crippen LogP contribution in [0.5, 0.6) is 0 Å². The molecule has 0 radical (unpaired) electrons. The SMILES string of the molecule is CN(CCCCC(=O)NN)CCN1CCCC1. The van der Waals surface area contributed by atoms with Crippen LogP contribution in [0.15, 0.2) is 0 Å². The Morgan fingerprint density at radius 3 is 2.65 bits per heavy atom. The fourth-order valence-electron chi connectivity index (χ4n) is 2.17. The summed E-state index contributed by atoms with van der Waals surface area (Å²) in [6, 6.07) is 0. The summed E-state index contributed by atoms with van der Waals surface area (Å²) < 4.78 is 0. The van der Waals surface area contributed by atoms with E-state index in [9.17, 15) is 4.79 Å². The number of hydrogen-bond acceptors (Lipinski definition) is 4. The molecule has 1 aliphatic rings. The van der Waals surface area contributed by atoms with Crippen molar-refractivity contribution >= 4 is 5.91 Å². The van der Waals surface area contributed by atoms with E-state index in [1.165, 1.54) is 32.5 Å². The summed E-state index contributed by atoms with van der Waals surface area (Å²) in [6.45, 7) is 5.91. The summed E-state index contributed by atoms with van der Waals surface area (Å²) in [7, 11) is 2.15. The first-order valence-corrected chi connectivity index (χ1v) is 6.62. The van der Waals surface area contributed by atoms with Gasteiger partial charge in [0, 0.05) is 19.5 Å². The van der Waals surface area contributed by atoms with Crippen LogP contribution in [0.2, 0.25) is 0 Å². The fourth-order valence-corrected chi connectivity index (χ4v) is 2.17. The van der Waals surface area contributed by atoms with Crippen molar-refractivity contribution < 1.29 is 4.79 Å². The molecular formula is C12H26N4O. The average Bonchev–Trinajstić information content (AvgIpc) is 2.84. The number of likely N-dealkylation sites (N-methyl/N-ethyl adjacent to an activating group) is 1. The Hall–Kier alpha value is -0.650. The summed E-state index contributed by atoms with van der Waals surface area (Å²) in [5.41, 5.74) is 2.16. The molecule has 1 saturated heterocycles. The van der Waals surface area contributed by atoms with E-state index >= 15 is 0 Å². The van der Waals surface area contributed by atoms with Crippen molar-refractivity contribution in [3.8, 4) is 0 Å². The third-order valence-electron chi connectivity index (χ3n) is 3.35. The molecule has 0 aromatic rings. The Morgan fingerprint density at radius 2 is 2.00 bits per heavy atom. The molecule has 0 unspecified atom stereocenters. The van der Waals surface area contributed by atoms with Crippen molar-refractivity contribution in [1.82, 2.24) is 15.2 Å². The van der Waals surface area contributed by atoms with Gasteiger partial charge in [-0.1, -0.05) is 0 Å². The fraction of sp³-hybridized carbons (Fsp3) is 0.917. The monoisotopic (exact) mass is 242 g/mol. The third-order valence-corrected chi connectivity index (χ3v) is 3.35. The van der Waals surface area contributed by atoms with Crippen LogP contribution in [-0.2, 0) is 4.79 Å². The summed E-state index contributed by atoms with van der Waals surface area (Å²) in [4.78, 5) is 15.8. The average molecular weight is 242 g/mol. The van der Waals surface area contributed by atoms with E-state index < -0.39 is 0 Å². The van der Waals surface area contributed by atoms with E-state index in [-0.39, 0.29) is 5.91 Å². The van der Waals surface area contributed by atoms with Gasteiger partial charge in [0.2, 0.25) is 5.91 Å². The first-order chi connectivity index (χ1) is 8.22. The van der Waals surface area contributed by atoms with Crippen molar-refractivity contribution in [2.45, 2.75) is 32.1 Å². The molecule has 1 heterocycles. The topological polar surface area (TPSA) is 61.6 Å². The smallest absolute Gasteiger partial charge is 0.233 e. The van der Waals surface area contributed by atoms with Gasteiger partial charge < -0.3 is 9.80 Å². The van der Waals surface area contributed by atoms with Crippen molar-refractivity contribution in [2.24, 2.45) is 5.84 Å². The first-order valence-electron chi connectivity index (χ1n) is 6.62. The molecule has 1 fully saturated rings. The Bertz CT molecular complexity index is 217. The van der Waals surface area contributed by atoms with Gasteiger partial charge in [-0.15, -0.1) is 0 Å². The predicted octanol–water partition coefficient (Wildman–Crippen LogP) is 0.174. The normalized spacial score (nSPS) is 16.6. The lowest BCUT2D eigenvalue weighted by molar-refractivity contribution is -0.121. The molecule has 17 heavy (non-hydrogen) atoms. The van der Waals surface area contributed by atoms with Gasteiger partial charge >= 0.3 is 0 Å². The van der Waals surface area contributed by atoms with Gasteiger partial charge in [0.25, 0.3) is 0 Å². The first kappa shape index (κ1) is 14.4. The molecule has 0 atom stereocenters. The number of carbonyl (C=O) groups excluding carboxylic acids is 1. The zero-order valence-electron chi connectivity index (χ0n) is 11.0. The number of carbonyl (C=O) groups is 1. The van der Waals surface area contributed by atoms with Gasteiger partial charge in [0.1, 0.15) is 0 Å². The molecular weight excluding hydrogens is 216 g/mol. The minimum Gasteiger partial charge on any atom is -0.305 e. The van der Waals surface area contributed by atoms with Crippen molar-refractivity contribution in [3.05, 3.63) is 0 Å². The minimum absolute atomic E-state index is 0.0651. The number of nitrogens with zero attached hydrogens (tertiary/aromatic N) is 2. The van der Waals surface area contributed by atoms with Gasteiger partial charge in [-0.05, 0) is 52.4 Å². The highest BCUT2D eigenvalue weighted by Crippen LogP contribution is 2.06. The van der Waals surface area contributed by atoms with Crippen LogP contribution in [0, 0.1) is 0 Å². The highest BCUT2D eigenvalue weighted by molar-refractivity contribution is 5.75. The van der Waals surface area contributed by atoms with Crippen LogP contribution in [0.25, 0.3) is 0 Å². The van der Waals surface area contributed by atoms with Crippen molar-refractivity contribution in [1.29, 1.82) is 0 Å². The lowest BCUT2D eigenvalue weighted by atomic mass is 10.2. The molecule has 0 bridgehead atoms. The summed E-state index contributed by atoms with van der Waals surface area (Å²) in [5, 5.41) is 0. The van der Waals surface area contributed by atoms with Crippen LogP contribution >= 0.6 is 0 Å². The van der Waals surface area contributed by atoms with Crippen LogP contribution in [0.4, 0.5) is 0 Å². The van der Waals surface area contributed by atoms with Crippen molar-refractivity contribution in [3.63, 3.8) is 0 Å². The number of nitrogens with two attached hydrogens (primary N) is 1. The van der Waals surface area contributed by atoms with E-state index in [0.717, 1.165) is 25.9 Å². The number of rotatable bonds is 8. The summed E-state index contributed by atoms with van der Waals surface area (Å²) >= 11 is 0. The number of likely N-dealkylation sites (tertiary alicyclic amines) is 1. The number of hydrazine groups is 1. The van der Waals surface area contributed by atoms with E-state index in [1.807, 2.05) is 0 Å². The number of hydrogen-bond donors (Lipinski definition) is 2. The minimum atomic E-state index is -0.0651. The number of amides is 1. The lowest BCUT2D eigenvalue weighted by Crippen LogP contribution is -2.32. The second-order valence-corrected chi connectivity index (χ2v) is 4.88. The maximum absolute atomic E-state index is 10.9. The maximum Gasteiger partial charge on any atom is 0.233 e. The molecule has 5 nitrogen and oxygen atoms in total. The number of unbranched alkanes of at least 4 members (excludes halogenated alkanes) is 1. The quantitative estimate of drug-likeness (QED) is 0.276. The highest BCUT2D eigenvalue weighted by Gasteiger charge is 2.11. The molecule has 1 rings (SSSR count). The van der Waals surface area contributed by atoms with E-state index in [4.69, 9.17) is 5.84 Å². The van der Waals surface area contributed by atoms with Gasteiger partial charge in [-0.2, -0.15) is 0 Å².